The van der Waals surface area contributed by atoms with Gasteiger partial charge in [0.1, 0.15) is 5.01 Å². The lowest BCUT2D eigenvalue weighted by atomic mass is 10.1. The lowest BCUT2D eigenvalue weighted by Crippen LogP contribution is -2.14. The topological polar surface area (TPSA) is 59.8 Å². The fourth-order valence-electron chi connectivity index (χ4n) is 2.65. The molecule has 0 atom stereocenters. The van der Waals surface area contributed by atoms with Gasteiger partial charge in [0.05, 0.1) is 0 Å². The van der Waals surface area contributed by atoms with E-state index in [1.807, 2.05) is 6.20 Å². The summed E-state index contributed by atoms with van der Waals surface area (Å²) in [5.41, 5.74) is 2.40. The number of carbonyl (C=O) groups is 1. The molecule has 3 rings (SSSR count). The molecule has 3 aromatic rings. The quantitative estimate of drug-likeness (QED) is 0.736. The van der Waals surface area contributed by atoms with E-state index >= 15 is 0 Å². The number of hydrogen-bond donors (Lipinski definition) is 1. The molecule has 126 valence electrons. The molecule has 0 radical (unpaired) electrons. The minimum atomic E-state index is -0.0313. The van der Waals surface area contributed by atoms with Crippen molar-refractivity contribution in [3.05, 3.63) is 41.0 Å². The van der Waals surface area contributed by atoms with E-state index in [0.29, 0.717) is 24.0 Å². The lowest BCUT2D eigenvalue weighted by Gasteiger charge is -2.05. The molecule has 0 unspecified atom stereocenters. The average molecular weight is 342 g/mol. The third-order valence-corrected chi connectivity index (χ3v) is 4.66. The van der Waals surface area contributed by atoms with Crippen molar-refractivity contribution in [1.82, 2.24) is 14.8 Å². The van der Waals surface area contributed by atoms with Gasteiger partial charge in [-0.1, -0.05) is 36.8 Å². The van der Waals surface area contributed by atoms with Crippen molar-refractivity contribution in [2.24, 2.45) is 5.92 Å². The van der Waals surface area contributed by atoms with Crippen LogP contribution in [0.4, 0.5) is 5.13 Å². The lowest BCUT2D eigenvalue weighted by molar-refractivity contribution is -0.116. The zero-order chi connectivity index (χ0) is 17.1. The van der Waals surface area contributed by atoms with Crippen LogP contribution in [-0.2, 0) is 17.8 Å². The molecule has 1 N–H and O–H groups in total. The Morgan fingerprint density at radius 2 is 2.12 bits per heavy atom. The number of hydrogen-bond acceptors (Lipinski definition) is 4. The van der Waals surface area contributed by atoms with Gasteiger partial charge in [-0.3, -0.25) is 4.79 Å². The normalized spacial score (nSPS) is 11.3. The smallest absolute Gasteiger partial charge is 0.227 e. The van der Waals surface area contributed by atoms with E-state index < -0.39 is 0 Å². The number of carbonyl (C=O) groups excluding carboxylic acids is 1. The van der Waals surface area contributed by atoms with Crippen molar-refractivity contribution in [2.75, 3.05) is 5.32 Å². The van der Waals surface area contributed by atoms with Gasteiger partial charge < -0.3 is 9.88 Å². The first-order chi connectivity index (χ1) is 11.5. The van der Waals surface area contributed by atoms with Crippen LogP contribution in [0.5, 0.6) is 0 Å². The number of nitrogens with zero attached hydrogens (tertiary/aromatic N) is 3. The molecule has 0 fully saturated rings. The second-order valence-electron chi connectivity index (χ2n) is 6.47. The van der Waals surface area contributed by atoms with Gasteiger partial charge in [-0.15, -0.1) is 10.2 Å². The first-order valence-electron chi connectivity index (χ1n) is 8.19. The molecule has 1 aromatic carbocycles. The number of aromatic nitrogens is 3. The van der Waals surface area contributed by atoms with Crippen LogP contribution in [0.25, 0.3) is 10.9 Å². The van der Waals surface area contributed by atoms with Crippen molar-refractivity contribution in [1.29, 1.82) is 0 Å². The fraction of sp³-hybridized carbons (Fsp3) is 0.389. The standard InChI is InChI=1S/C18H22N4OS/c1-12(2)10-17-20-21-18(24-17)19-16(23)7-9-22-8-6-14-11-13(3)4-5-15(14)22/h4-6,8,11-12H,7,9-10H2,1-3H3,(H,19,21,23). The highest BCUT2D eigenvalue weighted by atomic mass is 32.1. The van der Waals surface area contributed by atoms with Crippen molar-refractivity contribution >= 4 is 33.3 Å². The van der Waals surface area contributed by atoms with Gasteiger partial charge in [-0.2, -0.15) is 0 Å². The number of benzene rings is 1. The van der Waals surface area contributed by atoms with Crippen LogP contribution in [0.2, 0.25) is 0 Å². The Labute approximate surface area is 145 Å². The third kappa shape index (κ3) is 4.00. The molecule has 5 nitrogen and oxygen atoms in total. The highest BCUT2D eigenvalue weighted by Gasteiger charge is 2.10. The van der Waals surface area contributed by atoms with Crippen molar-refractivity contribution in [3.8, 4) is 0 Å². The second kappa shape index (κ2) is 7.13. The molecule has 0 aliphatic rings. The number of rotatable bonds is 6. The van der Waals surface area contributed by atoms with Crippen LogP contribution in [0.15, 0.2) is 30.5 Å². The van der Waals surface area contributed by atoms with Crippen LogP contribution in [0.3, 0.4) is 0 Å². The van der Waals surface area contributed by atoms with E-state index in [9.17, 15) is 4.79 Å². The van der Waals surface area contributed by atoms with Gasteiger partial charge >= 0.3 is 0 Å². The molecule has 0 spiro atoms. The Hall–Kier alpha value is -2.21. The molecule has 0 saturated carbocycles. The number of aryl methyl sites for hydroxylation is 2. The summed E-state index contributed by atoms with van der Waals surface area (Å²) >= 11 is 1.46. The Bertz CT molecular complexity index is 850. The molecule has 6 heteroatoms. The van der Waals surface area contributed by atoms with E-state index in [2.05, 4.69) is 65.1 Å². The van der Waals surface area contributed by atoms with Gasteiger partial charge in [0.2, 0.25) is 11.0 Å². The van der Waals surface area contributed by atoms with Crippen molar-refractivity contribution < 1.29 is 4.79 Å². The Balaban J connectivity index is 1.58. The Morgan fingerprint density at radius 1 is 1.29 bits per heavy atom. The highest BCUT2D eigenvalue weighted by molar-refractivity contribution is 7.15. The van der Waals surface area contributed by atoms with Crippen LogP contribution in [0, 0.1) is 12.8 Å². The van der Waals surface area contributed by atoms with Crippen molar-refractivity contribution in [3.63, 3.8) is 0 Å². The molecule has 24 heavy (non-hydrogen) atoms. The number of fused-ring (bicyclic) bond motifs is 1. The summed E-state index contributed by atoms with van der Waals surface area (Å²) in [4.78, 5) is 12.1. The number of nitrogens with one attached hydrogen (secondary N) is 1. The van der Waals surface area contributed by atoms with Gasteiger partial charge in [-0.25, -0.2) is 0 Å². The molecule has 0 aliphatic carbocycles. The van der Waals surface area contributed by atoms with Crippen LogP contribution in [0.1, 0.15) is 30.8 Å². The Morgan fingerprint density at radius 3 is 2.92 bits per heavy atom. The maximum Gasteiger partial charge on any atom is 0.227 e. The summed E-state index contributed by atoms with van der Waals surface area (Å²) in [7, 11) is 0. The van der Waals surface area contributed by atoms with Gasteiger partial charge in [-0.05, 0) is 36.4 Å². The fourth-order valence-corrected chi connectivity index (χ4v) is 3.62. The molecular formula is C18H22N4OS. The first-order valence-corrected chi connectivity index (χ1v) is 9.00. The summed E-state index contributed by atoms with van der Waals surface area (Å²) < 4.78 is 2.11. The summed E-state index contributed by atoms with van der Waals surface area (Å²) in [6.45, 7) is 7.01. The monoisotopic (exact) mass is 342 g/mol. The molecule has 2 heterocycles. The number of amides is 1. The molecule has 2 aromatic heterocycles. The maximum absolute atomic E-state index is 12.1. The first kappa shape index (κ1) is 16.6. The SMILES string of the molecule is Cc1ccc2c(ccn2CCC(=O)Nc2nnc(CC(C)C)s2)c1. The summed E-state index contributed by atoms with van der Waals surface area (Å²) in [5.74, 6) is 0.503. The summed E-state index contributed by atoms with van der Waals surface area (Å²) in [6, 6.07) is 8.44. The van der Waals surface area contributed by atoms with E-state index in [0.717, 1.165) is 16.9 Å². The largest absolute Gasteiger partial charge is 0.347 e. The Kier molecular flexibility index (Phi) is 4.94. The van der Waals surface area contributed by atoms with Crippen LogP contribution < -0.4 is 5.32 Å². The molecular weight excluding hydrogens is 320 g/mol. The predicted octanol–water partition coefficient (Wildman–Crippen LogP) is 4.03. The summed E-state index contributed by atoms with van der Waals surface area (Å²) in [6.07, 6.45) is 3.34. The molecule has 0 bridgehead atoms. The highest BCUT2D eigenvalue weighted by Crippen LogP contribution is 2.20. The van der Waals surface area contributed by atoms with Crippen LogP contribution >= 0.6 is 11.3 Å². The van der Waals surface area contributed by atoms with E-state index in [1.165, 1.54) is 22.3 Å². The van der Waals surface area contributed by atoms with Gasteiger partial charge in [0, 0.05) is 31.1 Å². The minimum absolute atomic E-state index is 0.0313. The zero-order valence-corrected chi connectivity index (χ0v) is 15.1. The molecule has 1 amide bonds. The third-order valence-electron chi connectivity index (χ3n) is 3.80. The molecule has 0 aliphatic heterocycles. The van der Waals surface area contributed by atoms with Gasteiger partial charge in [0.25, 0.3) is 0 Å². The van der Waals surface area contributed by atoms with Crippen LogP contribution in [-0.4, -0.2) is 20.7 Å². The van der Waals surface area contributed by atoms with Crippen molar-refractivity contribution in [2.45, 2.75) is 40.2 Å². The maximum atomic E-state index is 12.1. The summed E-state index contributed by atoms with van der Waals surface area (Å²) in [5, 5.41) is 13.8. The zero-order valence-electron chi connectivity index (χ0n) is 14.2. The van der Waals surface area contributed by atoms with E-state index in [-0.39, 0.29) is 5.91 Å². The predicted molar refractivity (Wildman–Crippen MR) is 98.4 cm³/mol. The second-order valence-corrected chi connectivity index (χ2v) is 7.53. The number of anilines is 1. The minimum Gasteiger partial charge on any atom is -0.347 e. The molecule has 0 saturated heterocycles. The van der Waals surface area contributed by atoms with Gasteiger partial charge in [0.15, 0.2) is 0 Å². The van der Waals surface area contributed by atoms with E-state index in [1.54, 1.807) is 0 Å². The van der Waals surface area contributed by atoms with E-state index in [4.69, 9.17) is 0 Å². The average Bonchev–Trinajstić information content (AvgIpc) is 3.11.